The number of aromatic nitrogens is 6. The topological polar surface area (TPSA) is 99.8 Å². The van der Waals surface area contributed by atoms with Crippen LogP contribution in [-0.4, -0.2) is 35.4 Å². The fourth-order valence-electron chi connectivity index (χ4n) is 3.57. The maximum atomic E-state index is 12.7. The summed E-state index contributed by atoms with van der Waals surface area (Å²) >= 11 is 0. The monoisotopic (exact) mass is 431 g/mol. The molecule has 3 aromatic heterocycles. The van der Waals surface area contributed by atoms with E-state index in [2.05, 4.69) is 25.5 Å². The maximum Gasteiger partial charge on any atom is 0.259 e. The number of anilines is 1. The Hall–Kier alpha value is -4.01. The van der Waals surface area contributed by atoms with Crippen LogP contribution in [0.15, 0.2) is 36.4 Å². The summed E-state index contributed by atoms with van der Waals surface area (Å²) in [5.74, 6) is 2.04. The summed E-state index contributed by atoms with van der Waals surface area (Å²) in [7, 11) is 1.82. The van der Waals surface area contributed by atoms with E-state index in [1.165, 1.54) is 0 Å². The van der Waals surface area contributed by atoms with Gasteiger partial charge >= 0.3 is 0 Å². The molecule has 0 radical (unpaired) electrons. The third-order valence-electron chi connectivity index (χ3n) is 5.10. The van der Waals surface area contributed by atoms with Crippen LogP contribution >= 0.6 is 0 Å². The van der Waals surface area contributed by atoms with Crippen LogP contribution in [0.3, 0.4) is 0 Å². The largest absolute Gasteiger partial charge is 0.439 e. The minimum atomic E-state index is -0.192. The predicted octanol–water partition coefficient (Wildman–Crippen LogP) is 3.98. The lowest BCUT2D eigenvalue weighted by Gasteiger charge is -2.10. The molecule has 32 heavy (non-hydrogen) atoms. The molecule has 0 spiro atoms. The van der Waals surface area contributed by atoms with Gasteiger partial charge in [0.15, 0.2) is 5.82 Å². The summed E-state index contributed by atoms with van der Waals surface area (Å²) in [5.41, 5.74) is 4.65. The lowest BCUT2D eigenvalue weighted by Crippen LogP contribution is -2.14. The first kappa shape index (κ1) is 21.2. The molecule has 3 heterocycles. The lowest BCUT2D eigenvalue weighted by atomic mass is 10.2. The Labute approximate surface area is 186 Å². The Morgan fingerprint density at radius 2 is 1.69 bits per heavy atom. The fourth-order valence-corrected chi connectivity index (χ4v) is 3.57. The van der Waals surface area contributed by atoms with Gasteiger partial charge in [0.05, 0.1) is 17.0 Å². The first-order valence-electron chi connectivity index (χ1n) is 10.2. The molecule has 4 aromatic rings. The van der Waals surface area contributed by atoms with Gasteiger partial charge in [0.2, 0.25) is 5.88 Å². The number of carbonyl (C=O) groups is 1. The zero-order valence-corrected chi connectivity index (χ0v) is 19.0. The van der Waals surface area contributed by atoms with Crippen molar-refractivity contribution in [1.82, 2.24) is 29.5 Å². The minimum absolute atomic E-state index is 0.192. The van der Waals surface area contributed by atoms with Crippen LogP contribution in [-0.2, 0) is 7.05 Å². The molecule has 9 nitrogen and oxygen atoms in total. The third kappa shape index (κ3) is 4.22. The lowest BCUT2D eigenvalue weighted by molar-refractivity contribution is 0.102. The maximum absolute atomic E-state index is 12.7. The minimum Gasteiger partial charge on any atom is -0.439 e. The summed E-state index contributed by atoms with van der Waals surface area (Å²) in [4.78, 5) is 21.5. The summed E-state index contributed by atoms with van der Waals surface area (Å²) in [5, 5.41) is 11.7. The SMILES string of the molecule is Cc1cc(C)n(-c2cc(Oc3ccc(NC(=O)c4c(C)nn(C)c4C)cc3)nc(C)n2)n1. The van der Waals surface area contributed by atoms with Crippen LogP contribution in [0.1, 0.15) is 39.0 Å². The summed E-state index contributed by atoms with van der Waals surface area (Å²) in [6.45, 7) is 9.41. The smallest absolute Gasteiger partial charge is 0.259 e. The van der Waals surface area contributed by atoms with E-state index in [0.717, 1.165) is 17.1 Å². The van der Waals surface area contributed by atoms with Crippen molar-refractivity contribution in [3.63, 3.8) is 0 Å². The second-order valence-electron chi connectivity index (χ2n) is 7.70. The standard InChI is InChI=1S/C23H25N7O2/c1-13-11-14(2)30(27-13)20-12-21(25-17(5)24-20)32-19-9-7-18(8-10-19)26-23(31)22-15(3)28-29(6)16(22)4/h7-12H,1-6H3,(H,26,31). The van der Waals surface area contributed by atoms with Crippen LogP contribution in [0.25, 0.3) is 5.82 Å². The van der Waals surface area contributed by atoms with Crippen molar-refractivity contribution >= 4 is 11.6 Å². The van der Waals surface area contributed by atoms with Gasteiger partial charge in [0, 0.05) is 30.2 Å². The van der Waals surface area contributed by atoms with E-state index < -0.39 is 0 Å². The number of nitrogens with zero attached hydrogens (tertiary/aromatic N) is 6. The Kier molecular flexibility index (Phi) is 5.48. The molecule has 164 valence electrons. The van der Waals surface area contributed by atoms with Gasteiger partial charge < -0.3 is 10.1 Å². The van der Waals surface area contributed by atoms with Gasteiger partial charge in [-0.3, -0.25) is 9.48 Å². The molecule has 0 atom stereocenters. The highest BCUT2D eigenvalue weighted by Gasteiger charge is 2.17. The molecule has 0 fully saturated rings. The number of rotatable bonds is 5. The van der Waals surface area contributed by atoms with Gasteiger partial charge in [0.1, 0.15) is 11.6 Å². The molecule has 9 heteroatoms. The normalized spacial score (nSPS) is 10.9. The van der Waals surface area contributed by atoms with Crippen LogP contribution in [0.5, 0.6) is 11.6 Å². The molecule has 0 aliphatic heterocycles. The molecule has 0 aliphatic rings. The average Bonchev–Trinajstić information content (AvgIpc) is 3.19. The quantitative estimate of drug-likeness (QED) is 0.513. The average molecular weight is 432 g/mol. The highest BCUT2D eigenvalue weighted by atomic mass is 16.5. The zero-order chi connectivity index (χ0) is 23.0. The predicted molar refractivity (Wildman–Crippen MR) is 121 cm³/mol. The van der Waals surface area contributed by atoms with Crippen LogP contribution < -0.4 is 10.1 Å². The summed E-state index contributed by atoms with van der Waals surface area (Å²) in [6, 6.07) is 10.8. The number of benzene rings is 1. The number of amides is 1. The molecule has 0 saturated carbocycles. The molecule has 0 saturated heterocycles. The third-order valence-corrected chi connectivity index (χ3v) is 5.10. The first-order valence-corrected chi connectivity index (χ1v) is 10.2. The van der Waals surface area contributed by atoms with Crippen molar-refractivity contribution in [1.29, 1.82) is 0 Å². The zero-order valence-electron chi connectivity index (χ0n) is 19.0. The van der Waals surface area contributed by atoms with Gasteiger partial charge in [-0.05, 0) is 65.0 Å². The van der Waals surface area contributed by atoms with Crippen molar-refractivity contribution in [3.05, 3.63) is 70.6 Å². The molecule has 4 rings (SSSR count). The van der Waals surface area contributed by atoms with E-state index in [1.807, 2.05) is 47.7 Å². The van der Waals surface area contributed by atoms with Crippen LogP contribution in [0.4, 0.5) is 5.69 Å². The van der Waals surface area contributed by atoms with Crippen molar-refractivity contribution in [2.24, 2.45) is 7.05 Å². The van der Waals surface area contributed by atoms with Gasteiger partial charge in [-0.2, -0.15) is 15.2 Å². The summed E-state index contributed by atoms with van der Waals surface area (Å²) < 4.78 is 9.40. The van der Waals surface area contributed by atoms with Crippen LogP contribution in [0, 0.1) is 34.6 Å². The van der Waals surface area contributed by atoms with Crippen LogP contribution in [0.2, 0.25) is 0 Å². The van der Waals surface area contributed by atoms with E-state index in [0.29, 0.717) is 40.2 Å². The first-order chi connectivity index (χ1) is 15.2. The van der Waals surface area contributed by atoms with E-state index in [-0.39, 0.29) is 5.91 Å². The van der Waals surface area contributed by atoms with Crippen molar-refractivity contribution in [2.45, 2.75) is 34.6 Å². The molecule has 1 amide bonds. The van der Waals surface area contributed by atoms with Gasteiger partial charge in [-0.1, -0.05) is 0 Å². The highest BCUT2D eigenvalue weighted by Crippen LogP contribution is 2.24. The Bertz CT molecular complexity index is 1300. The van der Waals surface area contributed by atoms with Gasteiger partial charge in [-0.25, -0.2) is 9.67 Å². The van der Waals surface area contributed by atoms with Gasteiger partial charge in [-0.15, -0.1) is 0 Å². The van der Waals surface area contributed by atoms with E-state index in [1.54, 1.807) is 39.7 Å². The fraction of sp³-hybridized carbons (Fsp3) is 0.261. The van der Waals surface area contributed by atoms with Gasteiger partial charge in [0.25, 0.3) is 5.91 Å². The number of ether oxygens (including phenoxy) is 1. The highest BCUT2D eigenvalue weighted by molar-refractivity contribution is 6.05. The molecular formula is C23H25N7O2. The molecule has 1 N–H and O–H groups in total. The second kappa shape index (κ2) is 8.26. The molecular weight excluding hydrogens is 406 g/mol. The number of aryl methyl sites for hydroxylation is 5. The Balaban J connectivity index is 1.50. The number of hydrogen-bond acceptors (Lipinski definition) is 6. The number of hydrogen-bond donors (Lipinski definition) is 1. The van der Waals surface area contributed by atoms with Crippen molar-refractivity contribution in [2.75, 3.05) is 5.32 Å². The molecule has 1 aromatic carbocycles. The van der Waals surface area contributed by atoms with E-state index >= 15 is 0 Å². The number of carbonyl (C=O) groups excluding carboxylic acids is 1. The van der Waals surface area contributed by atoms with Crippen molar-refractivity contribution in [3.8, 4) is 17.4 Å². The Morgan fingerprint density at radius 3 is 2.28 bits per heavy atom. The second-order valence-corrected chi connectivity index (χ2v) is 7.70. The van der Waals surface area contributed by atoms with Crippen molar-refractivity contribution < 1.29 is 9.53 Å². The molecule has 0 aliphatic carbocycles. The van der Waals surface area contributed by atoms with E-state index in [9.17, 15) is 4.79 Å². The number of nitrogens with one attached hydrogen (secondary N) is 1. The Morgan fingerprint density at radius 1 is 0.969 bits per heavy atom. The summed E-state index contributed by atoms with van der Waals surface area (Å²) in [6.07, 6.45) is 0. The van der Waals surface area contributed by atoms with E-state index in [4.69, 9.17) is 4.74 Å². The molecule has 0 bridgehead atoms. The molecule has 0 unspecified atom stereocenters.